The standard InChI is InChI=1S/C9H17NO3/c1-5-6-13-10-8(2)7-9(11-3)12-4/h5,9H,1,6-7H2,2-4H3/b10-8-. The van der Waals surface area contributed by atoms with Gasteiger partial charge in [0.25, 0.3) is 0 Å². The highest BCUT2D eigenvalue weighted by molar-refractivity contribution is 5.81. The van der Waals surface area contributed by atoms with Crippen LogP contribution in [-0.2, 0) is 14.3 Å². The fourth-order valence-corrected chi connectivity index (χ4v) is 0.742. The van der Waals surface area contributed by atoms with Gasteiger partial charge in [-0.05, 0) is 6.92 Å². The van der Waals surface area contributed by atoms with E-state index in [-0.39, 0.29) is 6.29 Å². The summed E-state index contributed by atoms with van der Waals surface area (Å²) in [5.41, 5.74) is 0.829. The summed E-state index contributed by atoms with van der Waals surface area (Å²) in [5.74, 6) is 0. The molecule has 0 aliphatic carbocycles. The van der Waals surface area contributed by atoms with Crippen LogP contribution < -0.4 is 0 Å². The van der Waals surface area contributed by atoms with Gasteiger partial charge in [-0.1, -0.05) is 17.8 Å². The smallest absolute Gasteiger partial charge is 0.162 e. The van der Waals surface area contributed by atoms with Crippen molar-refractivity contribution < 1.29 is 14.3 Å². The van der Waals surface area contributed by atoms with Crippen LogP contribution in [0.2, 0.25) is 0 Å². The van der Waals surface area contributed by atoms with Gasteiger partial charge < -0.3 is 14.3 Å². The third kappa shape index (κ3) is 6.31. The molecule has 0 unspecified atom stereocenters. The van der Waals surface area contributed by atoms with Crippen molar-refractivity contribution in [2.24, 2.45) is 5.16 Å². The normalized spacial score (nSPS) is 11.8. The Labute approximate surface area is 79.2 Å². The molecule has 0 radical (unpaired) electrons. The van der Waals surface area contributed by atoms with Crippen molar-refractivity contribution >= 4 is 5.71 Å². The summed E-state index contributed by atoms with van der Waals surface area (Å²) in [4.78, 5) is 4.89. The van der Waals surface area contributed by atoms with Crippen LogP contribution in [0.15, 0.2) is 17.8 Å². The summed E-state index contributed by atoms with van der Waals surface area (Å²) in [5, 5.41) is 3.84. The lowest BCUT2D eigenvalue weighted by molar-refractivity contribution is -0.0962. The summed E-state index contributed by atoms with van der Waals surface area (Å²) in [6.45, 7) is 5.78. The van der Waals surface area contributed by atoms with E-state index in [1.54, 1.807) is 20.3 Å². The minimum atomic E-state index is -0.254. The Bertz CT molecular complexity index is 164. The van der Waals surface area contributed by atoms with Gasteiger partial charge in [-0.2, -0.15) is 0 Å². The van der Waals surface area contributed by atoms with Gasteiger partial charge in [0, 0.05) is 20.6 Å². The first-order valence-electron chi connectivity index (χ1n) is 4.06. The van der Waals surface area contributed by atoms with Crippen LogP contribution in [0.25, 0.3) is 0 Å². The highest BCUT2D eigenvalue weighted by atomic mass is 16.7. The van der Waals surface area contributed by atoms with Crippen molar-refractivity contribution in [2.45, 2.75) is 19.6 Å². The lowest BCUT2D eigenvalue weighted by atomic mass is 10.3. The van der Waals surface area contributed by atoms with Crippen LogP contribution in [-0.4, -0.2) is 32.8 Å². The molecule has 0 atom stereocenters. The van der Waals surface area contributed by atoms with Gasteiger partial charge in [-0.25, -0.2) is 0 Å². The molecule has 0 aliphatic heterocycles. The molecule has 0 aromatic heterocycles. The third-order valence-electron chi connectivity index (χ3n) is 1.40. The maximum Gasteiger partial charge on any atom is 0.162 e. The monoisotopic (exact) mass is 187 g/mol. The van der Waals surface area contributed by atoms with E-state index in [9.17, 15) is 0 Å². The van der Waals surface area contributed by atoms with E-state index >= 15 is 0 Å². The first kappa shape index (κ1) is 12.1. The van der Waals surface area contributed by atoms with Crippen molar-refractivity contribution in [2.75, 3.05) is 20.8 Å². The van der Waals surface area contributed by atoms with Crippen molar-refractivity contribution in [1.29, 1.82) is 0 Å². The van der Waals surface area contributed by atoms with Crippen molar-refractivity contribution in [3.05, 3.63) is 12.7 Å². The summed E-state index contributed by atoms with van der Waals surface area (Å²) < 4.78 is 10.00. The van der Waals surface area contributed by atoms with Gasteiger partial charge >= 0.3 is 0 Å². The van der Waals surface area contributed by atoms with E-state index in [0.717, 1.165) is 5.71 Å². The Balaban J connectivity index is 3.75. The zero-order valence-corrected chi connectivity index (χ0v) is 8.45. The van der Waals surface area contributed by atoms with Crippen LogP contribution >= 0.6 is 0 Å². The lowest BCUT2D eigenvalue weighted by Crippen LogP contribution is -2.16. The SMILES string of the molecule is C=CCO/N=C(/C)CC(OC)OC. The van der Waals surface area contributed by atoms with Crippen LogP contribution in [0, 0.1) is 0 Å². The van der Waals surface area contributed by atoms with Crippen LogP contribution in [0.3, 0.4) is 0 Å². The minimum absolute atomic E-state index is 0.254. The molecule has 0 bridgehead atoms. The molecule has 0 fully saturated rings. The van der Waals surface area contributed by atoms with Crippen molar-refractivity contribution in [1.82, 2.24) is 0 Å². The predicted octanol–water partition coefficient (Wildman–Crippen LogP) is 1.57. The molecule has 0 spiro atoms. The largest absolute Gasteiger partial charge is 0.392 e. The molecule has 4 heteroatoms. The summed E-state index contributed by atoms with van der Waals surface area (Å²) in [7, 11) is 3.18. The van der Waals surface area contributed by atoms with Gasteiger partial charge in [0.15, 0.2) is 6.29 Å². The Hall–Kier alpha value is -0.870. The molecule has 0 aromatic rings. The topological polar surface area (TPSA) is 40.0 Å². The van der Waals surface area contributed by atoms with Gasteiger partial charge in [-0.15, -0.1) is 0 Å². The number of ether oxygens (including phenoxy) is 2. The number of methoxy groups -OCH3 is 2. The maximum absolute atomic E-state index is 5.00. The molecule has 0 N–H and O–H groups in total. The van der Waals surface area contributed by atoms with Gasteiger partial charge in [-0.3, -0.25) is 0 Å². The molecule has 0 saturated carbocycles. The fourth-order valence-electron chi connectivity index (χ4n) is 0.742. The zero-order chi connectivity index (χ0) is 10.1. The second-order valence-corrected chi connectivity index (χ2v) is 2.52. The van der Waals surface area contributed by atoms with Crippen molar-refractivity contribution in [3.8, 4) is 0 Å². The number of hydrogen-bond donors (Lipinski definition) is 0. The van der Waals surface area contributed by atoms with E-state index < -0.39 is 0 Å². The lowest BCUT2D eigenvalue weighted by Gasteiger charge is -2.11. The second-order valence-electron chi connectivity index (χ2n) is 2.52. The van der Waals surface area contributed by atoms with E-state index in [2.05, 4.69) is 11.7 Å². The zero-order valence-electron chi connectivity index (χ0n) is 8.45. The quantitative estimate of drug-likeness (QED) is 0.200. The van der Waals surface area contributed by atoms with E-state index in [0.29, 0.717) is 13.0 Å². The number of hydrogen-bond acceptors (Lipinski definition) is 4. The molecule has 0 amide bonds. The fraction of sp³-hybridized carbons (Fsp3) is 0.667. The highest BCUT2D eigenvalue weighted by Gasteiger charge is 2.06. The first-order chi connectivity index (χ1) is 6.24. The molecule has 13 heavy (non-hydrogen) atoms. The molecule has 0 rings (SSSR count). The van der Waals surface area contributed by atoms with Crippen LogP contribution in [0.5, 0.6) is 0 Å². The molecule has 0 aromatic carbocycles. The van der Waals surface area contributed by atoms with Gasteiger partial charge in [0.2, 0.25) is 0 Å². The average molecular weight is 187 g/mol. The van der Waals surface area contributed by atoms with Crippen LogP contribution in [0.4, 0.5) is 0 Å². The summed E-state index contributed by atoms with van der Waals surface area (Å²) in [6, 6.07) is 0. The molecule has 4 nitrogen and oxygen atoms in total. The van der Waals surface area contributed by atoms with E-state index in [1.165, 1.54) is 0 Å². The summed E-state index contributed by atoms with van der Waals surface area (Å²) in [6.07, 6.45) is 1.99. The van der Waals surface area contributed by atoms with Crippen LogP contribution in [0.1, 0.15) is 13.3 Å². The number of nitrogens with zero attached hydrogens (tertiary/aromatic N) is 1. The summed E-state index contributed by atoms with van der Waals surface area (Å²) >= 11 is 0. The van der Waals surface area contributed by atoms with E-state index in [1.807, 2.05) is 6.92 Å². The molecule has 0 heterocycles. The molecule has 0 aliphatic rings. The molecular weight excluding hydrogens is 170 g/mol. The van der Waals surface area contributed by atoms with Gasteiger partial charge in [0.1, 0.15) is 6.61 Å². The third-order valence-corrected chi connectivity index (χ3v) is 1.40. The number of rotatable bonds is 7. The Morgan fingerprint density at radius 1 is 1.46 bits per heavy atom. The Morgan fingerprint density at radius 3 is 2.54 bits per heavy atom. The highest BCUT2D eigenvalue weighted by Crippen LogP contribution is 2.00. The van der Waals surface area contributed by atoms with E-state index in [4.69, 9.17) is 14.3 Å². The Kier molecular flexibility index (Phi) is 7.24. The molecule has 0 saturated heterocycles. The predicted molar refractivity (Wildman–Crippen MR) is 51.7 cm³/mol. The second kappa shape index (κ2) is 7.76. The van der Waals surface area contributed by atoms with Crippen molar-refractivity contribution in [3.63, 3.8) is 0 Å². The Morgan fingerprint density at radius 2 is 2.08 bits per heavy atom. The average Bonchev–Trinajstić information content (AvgIpc) is 2.14. The molecule has 76 valence electrons. The minimum Gasteiger partial charge on any atom is -0.392 e. The number of oxime groups is 1. The van der Waals surface area contributed by atoms with Gasteiger partial charge in [0.05, 0.1) is 5.71 Å². The molecular formula is C9H17NO3. The first-order valence-corrected chi connectivity index (χ1v) is 4.06. The maximum atomic E-state index is 5.00.